The van der Waals surface area contributed by atoms with Crippen molar-refractivity contribution in [1.82, 2.24) is 15.5 Å². The highest BCUT2D eigenvalue weighted by molar-refractivity contribution is 14.0. The maximum Gasteiger partial charge on any atom is 0.191 e. The average Bonchev–Trinajstić information content (AvgIpc) is 3.35. The average molecular weight is 485 g/mol. The van der Waals surface area contributed by atoms with Gasteiger partial charge in [-0.05, 0) is 56.3 Å². The van der Waals surface area contributed by atoms with E-state index in [1.54, 1.807) is 0 Å². The monoisotopic (exact) mass is 485 g/mol. The Hall–Kier alpha value is -1.02. The van der Waals surface area contributed by atoms with Crippen molar-refractivity contribution in [3.63, 3.8) is 0 Å². The van der Waals surface area contributed by atoms with Gasteiger partial charge in [0.1, 0.15) is 0 Å². The van der Waals surface area contributed by atoms with Gasteiger partial charge in [-0.15, -0.1) is 24.0 Å². The van der Waals surface area contributed by atoms with Gasteiger partial charge >= 0.3 is 0 Å². The molecule has 0 amide bonds. The van der Waals surface area contributed by atoms with Gasteiger partial charge in [-0.25, -0.2) is 0 Å². The van der Waals surface area contributed by atoms with Crippen molar-refractivity contribution >= 4 is 35.6 Å². The Bertz CT molecular complexity index is 598. The quantitative estimate of drug-likeness (QED) is 0.270. The standard InChI is InChI=1S/C21H35N5.HI/c1-17-7-6-8-19(15-17)26-13-11-25(12-14-26)10-5-4-9-23-21(22-3)24-20-16-18(20)2;/h6-8,15,18,20H,4-5,9-14,16H2,1-3H3,(H2,22,23,24);1H. The lowest BCUT2D eigenvalue weighted by molar-refractivity contribution is 0.253. The van der Waals surface area contributed by atoms with E-state index < -0.39 is 0 Å². The summed E-state index contributed by atoms with van der Waals surface area (Å²) in [5.74, 6) is 1.76. The third kappa shape index (κ3) is 7.14. The van der Waals surface area contributed by atoms with E-state index in [1.165, 1.54) is 50.1 Å². The number of piperazine rings is 1. The van der Waals surface area contributed by atoms with Crippen LogP contribution in [0.5, 0.6) is 0 Å². The molecule has 5 nitrogen and oxygen atoms in total. The summed E-state index contributed by atoms with van der Waals surface area (Å²) in [6.45, 7) is 11.3. The Morgan fingerprint density at radius 1 is 1.19 bits per heavy atom. The van der Waals surface area contributed by atoms with Gasteiger partial charge in [-0.2, -0.15) is 0 Å². The SMILES string of the molecule is CN=C(NCCCCN1CCN(c2cccc(C)c2)CC1)NC1CC1C.I. The predicted octanol–water partition coefficient (Wildman–Crippen LogP) is 3.09. The number of hydrogen-bond donors (Lipinski definition) is 2. The van der Waals surface area contributed by atoms with E-state index in [4.69, 9.17) is 0 Å². The van der Waals surface area contributed by atoms with Crippen molar-refractivity contribution in [3.05, 3.63) is 29.8 Å². The smallest absolute Gasteiger partial charge is 0.191 e. The summed E-state index contributed by atoms with van der Waals surface area (Å²) in [6.07, 6.45) is 3.71. The highest BCUT2D eigenvalue weighted by atomic mass is 127. The Morgan fingerprint density at radius 3 is 2.56 bits per heavy atom. The number of aliphatic imine (C=N–C) groups is 1. The van der Waals surface area contributed by atoms with E-state index in [9.17, 15) is 0 Å². The minimum Gasteiger partial charge on any atom is -0.369 e. The van der Waals surface area contributed by atoms with Crippen molar-refractivity contribution in [1.29, 1.82) is 0 Å². The molecule has 2 unspecified atom stereocenters. The number of rotatable bonds is 7. The number of aryl methyl sites for hydroxylation is 1. The summed E-state index contributed by atoms with van der Waals surface area (Å²) in [5.41, 5.74) is 2.72. The van der Waals surface area contributed by atoms with E-state index in [0.29, 0.717) is 6.04 Å². The number of nitrogens with zero attached hydrogens (tertiary/aromatic N) is 3. The Labute approximate surface area is 182 Å². The lowest BCUT2D eigenvalue weighted by atomic mass is 10.2. The van der Waals surface area contributed by atoms with Crippen LogP contribution in [-0.4, -0.2) is 63.2 Å². The largest absolute Gasteiger partial charge is 0.369 e. The van der Waals surface area contributed by atoms with Gasteiger partial charge < -0.3 is 15.5 Å². The van der Waals surface area contributed by atoms with Crippen LogP contribution in [0.25, 0.3) is 0 Å². The van der Waals surface area contributed by atoms with Crippen molar-refractivity contribution in [2.24, 2.45) is 10.9 Å². The number of benzene rings is 1. The molecule has 2 N–H and O–H groups in total. The fraction of sp³-hybridized carbons (Fsp3) is 0.667. The van der Waals surface area contributed by atoms with Crippen LogP contribution in [0.1, 0.15) is 31.7 Å². The third-order valence-electron chi connectivity index (χ3n) is 5.59. The van der Waals surface area contributed by atoms with Crippen molar-refractivity contribution in [2.75, 3.05) is 51.2 Å². The fourth-order valence-electron chi connectivity index (χ4n) is 3.61. The summed E-state index contributed by atoms with van der Waals surface area (Å²) < 4.78 is 0. The van der Waals surface area contributed by atoms with E-state index in [0.717, 1.165) is 31.5 Å². The molecule has 1 aliphatic heterocycles. The molecule has 3 rings (SSSR count). The van der Waals surface area contributed by atoms with Gasteiger partial charge in [0.05, 0.1) is 0 Å². The summed E-state index contributed by atoms with van der Waals surface area (Å²) in [4.78, 5) is 9.43. The topological polar surface area (TPSA) is 42.9 Å². The number of hydrogen-bond acceptors (Lipinski definition) is 3. The molecule has 1 saturated heterocycles. The second-order valence-electron chi connectivity index (χ2n) is 7.84. The molecule has 2 atom stereocenters. The summed E-state index contributed by atoms with van der Waals surface area (Å²) in [7, 11) is 1.86. The maximum absolute atomic E-state index is 4.31. The lowest BCUT2D eigenvalue weighted by Gasteiger charge is -2.36. The van der Waals surface area contributed by atoms with Gasteiger partial charge in [0.2, 0.25) is 0 Å². The first kappa shape index (κ1) is 22.3. The zero-order valence-electron chi connectivity index (χ0n) is 17.1. The highest BCUT2D eigenvalue weighted by Gasteiger charge is 2.33. The molecule has 0 bridgehead atoms. The number of halogens is 1. The molecule has 1 aromatic rings. The molecule has 0 aromatic heterocycles. The van der Waals surface area contributed by atoms with Gasteiger partial charge in [0.15, 0.2) is 5.96 Å². The normalized spacial score (nSPS) is 22.9. The van der Waals surface area contributed by atoms with Gasteiger partial charge in [0.25, 0.3) is 0 Å². The van der Waals surface area contributed by atoms with Crippen LogP contribution in [-0.2, 0) is 0 Å². The third-order valence-corrected chi connectivity index (χ3v) is 5.59. The van der Waals surface area contributed by atoms with Crippen LogP contribution in [0.2, 0.25) is 0 Å². The first-order valence-electron chi connectivity index (χ1n) is 10.2. The van der Waals surface area contributed by atoms with E-state index in [1.807, 2.05) is 7.05 Å². The zero-order valence-corrected chi connectivity index (χ0v) is 19.4. The number of nitrogens with one attached hydrogen (secondary N) is 2. The van der Waals surface area contributed by atoms with Crippen molar-refractivity contribution in [3.8, 4) is 0 Å². The molecular weight excluding hydrogens is 449 g/mol. The molecule has 2 fully saturated rings. The van der Waals surface area contributed by atoms with Crippen LogP contribution in [0.15, 0.2) is 29.3 Å². The molecule has 1 saturated carbocycles. The van der Waals surface area contributed by atoms with Gasteiger partial charge in [-0.3, -0.25) is 9.89 Å². The van der Waals surface area contributed by atoms with Crippen LogP contribution in [0.3, 0.4) is 0 Å². The molecule has 27 heavy (non-hydrogen) atoms. The van der Waals surface area contributed by atoms with Crippen LogP contribution in [0, 0.1) is 12.8 Å². The molecule has 1 heterocycles. The molecule has 0 radical (unpaired) electrons. The first-order valence-corrected chi connectivity index (χ1v) is 10.2. The Balaban J connectivity index is 0.00000261. The van der Waals surface area contributed by atoms with Gasteiger partial charge in [0, 0.05) is 51.5 Å². The second-order valence-corrected chi connectivity index (χ2v) is 7.84. The van der Waals surface area contributed by atoms with Crippen molar-refractivity contribution < 1.29 is 0 Å². The molecular formula is C21H36IN5. The number of unbranched alkanes of at least 4 members (excludes halogenated alkanes) is 1. The van der Waals surface area contributed by atoms with Crippen LogP contribution in [0.4, 0.5) is 5.69 Å². The predicted molar refractivity (Wildman–Crippen MR) is 127 cm³/mol. The van der Waals surface area contributed by atoms with E-state index in [-0.39, 0.29) is 24.0 Å². The molecule has 0 spiro atoms. The summed E-state index contributed by atoms with van der Waals surface area (Å²) >= 11 is 0. The molecule has 1 aliphatic carbocycles. The van der Waals surface area contributed by atoms with E-state index >= 15 is 0 Å². The highest BCUT2D eigenvalue weighted by Crippen LogP contribution is 2.28. The number of guanidine groups is 1. The number of anilines is 1. The fourth-order valence-corrected chi connectivity index (χ4v) is 3.61. The van der Waals surface area contributed by atoms with Gasteiger partial charge in [-0.1, -0.05) is 19.1 Å². The molecule has 6 heteroatoms. The Kier molecular flexibility index (Phi) is 9.15. The zero-order chi connectivity index (χ0) is 18.4. The minimum atomic E-state index is 0. The van der Waals surface area contributed by atoms with Crippen molar-refractivity contribution in [2.45, 2.75) is 39.2 Å². The van der Waals surface area contributed by atoms with E-state index in [2.05, 4.69) is 63.5 Å². The first-order chi connectivity index (χ1) is 12.7. The lowest BCUT2D eigenvalue weighted by Crippen LogP contribution is -2.46. The molecule has 2 aliphatic rings. The summed E-state index contributed by atoms with van der Waals surface area (Å²) in [5, 5.41) is 6.92. The molecule has 1 aromatic carbocycles. The summed E-state index contributed by atoms with van der Waals surface area (Å²) in [6, 6.07) is 9.49. The molecule has 152 valence electrons. The van der Waals surface area contributed by atoms with Crippen LogP contribution >= 0.6 is 24.0 Å². The Morgan fingerprint density at radius 2 is 1.93 bits per heavy atom. The second kappa shape index (κ2) is 11.1. The maximum atomic E-state index is 4.31. The minimum absolute atomic E-state index is 0. The van der Waals surface area contributed by atoms with Crippen LogP contribution < -0.4 is 15.5 Å².